The van der Waals surface area contributed by atoms with Crippen LogP contribution in [0.1, 0.15) is 83.3 Å². The van der Waals surface area contributed by atoms with Crippen LogP contribution in [0.15, 0.2) is 54.7 Å². The number of aryl methyl sites for hydroxylation is 1. The largest absolute Gasteiger partial charge is 0.481 e. The summed E-state index contributed by atoms with van der Waals surface area (Å²) in [5, 5.41) is 30.4. The molecule has 0 bridgehead atoms. The van der Waals surface area contributed by atoms with Crippen molar-refractivity contribution < 1.29 is 28.6 Å². The second-order valence-electron chi connectivity index (χ2n) is 15.1. The molecule has 2 fully saturated rings. The molecule has 0 saturated carbocycles. The van der Waals surface area contributed by atoms with Gasteiger partial charge in [0.2, 0.25) is 0 Å². The monoisotopic (exact) mass is 765 g/mol. The Morgan fingerprint density at radius 2 is 1.66 bits per heavy atom. The number of hydrogen-bond acceptors (Lipinski definition) is 10. The van der Waals surface area contributed by atoms with Crippen LogP contribution in [0.3, 0.4) is 0 Å². The number of aliphatic hydroxyl groups excluding tert-OH is 1. The maximum atomic E-state index is 14.1. The lowest BCUT2D eigenvalue weighted by molar-refractivity contribution is -0.143. The second-order valence-corrected chi connectivity index (χ2v) is 15.1. The Morgan fingerprint density at radius 1 is 0.929 bits per heavy atom. The van der Waals surface area contributed by atoms with Crippen LogP contribution >= 0.6 is 0 Å². The molecule has 3 aromatic heterocycles. The number of aliphatic hydroxyl groups is 1. The number of aliphatic carboxylic acids is 1. The number of nitrogens with one attached hydrogen (secondary N) is 2. The molecule has 0 aliphatic carbocycles. The molecule has 3 aliphatic heterocycles. The zero-order valence-corrected chi connectivity index (χ0v) is 31.4. The SMILES string of the molecule is Cc1c(NC(=O)c2cc3n(n2)CCCC3N2CCC(C(=O)O)CC2)cccc1-c1cccc(Nc2nc(C(F)F)nc3cc(CN4CC[C@@H](O)C4)cnc23)c1C. The van der Waals surface area contributed by atoms with Crippen molar-refractivity contribution >= 4 is 40.1 Å². The lowest BCUT2D eigenvalue weighted by Crippen LogP contribution is -2.40. The van der Waals surface area contributed by atoms with Gasteiger partial charge in [0.1, 0.15) is 5.52 Å². The van der Waals surface area contributed by atoms with Gasteiger partial charge in [0.15, 0.2) is 17.3 Å². The molecule has 1 amide bonds. The lowest BCUT2D eigenvalue weighted by atomic mass is 9.93. The zero-order chi connectivity index (χ0) is 39.1. The Labute approximate surface area is 322 Å². The van der Waals surface area contributed by atoms with Crippen LogP contribution < -0.4 is 10.6 Å². The summed E-state index contributed by atoms with van der Waals surface area (Å²) in [7, 11) is 0. The number of β-amino-alcohol motifs (C(OH)–C–C–N with tert-alkyl or cyclic N) is 1. The van der Waals surface area contributed by atoms with Crippen molar-refractivity contribution in [2.75, 3.05) is 36.8 Å². The van der Waals surface area contributed by atoms with Crippen LogP contribution in [0.4, 0.5) is 26.0 Å². The van der Waals surface area contributed by atoms with Gasteiger partial charge in [0, 0.05) is 43.8 Å². The van der Waals surface area contributed by atoms with E-state index in [-0.39, 0.29) is 29.8 Å². The third-order valence-corrected chi connectivity index (χ3v) is 11.5. The number of anilines is 3. The first-order chi connectivity index (χ1) is 27.0. The molecule has 4 N–H and O–H groups in total. The summed E-state index contributed by atoms with van der Waals surface area (Å²) in [6.07, 6.45) is 2.22. The molecule has 6 heterocycles. The normalized spacial score (nSPS) is 19.4. The topological polar surface area (TPSA) is 162 Å². The number of rotatable bonds is 10. The molecule has 0 radical (unpaired) electrons. The van der Waals surface area contributed by atoms with Gasteiger partial charge in [-0.2, -0.15) is 5.10 Å². The fourth-order valence-corrected chi connectivity index (χ4v) is 8.40. The van der Waals surface area contributed by atoms with Crippen LogP contribution in [-0.2, 0) is 17.9 Å². The fraction of sp³-hybridized carbons (Fsp3) is 0.415. The van der Waals surface area contributed by atoms with Crippen molar-refractivity contribution in [2.24, 2.45) is 5.92 Å². The number of fused-ring (bicyclic) bond motifs is 2. The van der Waals surface area contributed by atoms with Gasteiger partial charge < -0.3 is 20.8 Å². The van der Waals surface area contributed by atoms with Crippen LogP contribution in [0, 0.1) is 19.8 Å². The highest BCUT2D eigenvalue weighted by Gasteiger charge is 2.33. The average molecular weight is 766 g/mol. The van der Waals surface area contributed by atoms with Gasteiger partial charge in [-0.3, -0.25) is 29.1 Å². The van der Waals surface area contributed by atoms with E-state index in [2.05, 4.69) is 40.5 Å². The van der Waals surface area contributed by atoms with E-state index in [1.54, 1.807) is 12.3 Å². The minimum atomic E-state index is -2.89. The van der Waals surface area contributed by atoms with Gasteiger partial charge in [-0.25, -0.2) is 18.7 Å². The van der Waals surface area contributed by atoms with Crippen molar-refractivity contribution in [3.05, 3.63) is 88.6 Å². The van der Waals surface area contributed by atoms with E-state index in [9.17, 15) is 28.6 Å². The Kier molecular flexibility index (Phi) is 10.5. The summed E-state index contributed by atoms with van der Waals surface area (Å²) in [5.41, 5.74) is 7.52. The summed E-state index contributed by atoms with van der Waals surface area (Å²) < 4.78 is 30.0. The number of alkyl halides is 2. The van der Waals surface area contributed by atoms with Crippen LogP contribution in [-0.4, -0.2) is 88.9 Å². The summed E-state index contributed by atoms with van der Waals surface area (Å²) in [4.78, 5) is 42.5. The highest BCUT2D eigenvalue weighted by atomic mass is 19.3. The summed E-state index contributed by atoms with van der Waals surface area (Å²) in [5.74, 6) is -1.79. The highest BCUT2D eigenvalue weighted by Crippen LogP contribution is 2.37. The van der Waals surface area contributed by atoms with Gasteiger partial charge in [0.25, 0.3) is 12.3 Å². The zero-order valence-electron chi connectivity index (χ0n) is 31.4. The first-order valence-corrected chi connectivity index (χ1v) is 19.2. The molecule has 13 nitrogen and oxygen atoms in total. The first kappa shape index (κ1) is 37.5. The van der Waals surface area contributed by atoms with E-state index >= 15 is 0 Å². The molecule has 15 heteroatoms. The highest BCUT2D eigenvalue weighted by molar-refractivity contribution is 6.04. The van der Waals surface area contributed by atoms with Gasteiger partial charge in [0.05, 0.1) is 29.3 Å². The van der Waals surface area contributed by atoms with Crippen LogP contribution in [0.2, 0.25) is 0 Å². The fourth-order valence-electron chi connectivity index (χ4n) is 8.40. The molecular formula is C41H45F2N9O4. The number of pyridine rings is 1. The van der Waals surface area contributed by atoms with Gasteiger partial charge >= 0.3 is 5.97 Å². The molecule has 8 rings (SSSR count). The van der Waals surface area contributed by atoms with Crippen LogP contribution in [0.25, 0.3) is 22.2 Å². The molecule has 2 aromatic carbocycles. The van der Waals surface area contributed by atoms with E-state index in [0.717, 1.165) is 59.4 Å². The number of carbonyl (C=O) groups is 2. The predicted octanol–water partition coefficient (Wildman–Crippen LogP) is 6.64. The minimum absolute atomic E-state index is 0.0904. The van der Waals surface area contributed by atoms with E-state index in [0.29, 0.717) is 73.5 Å². The van der Waals surface area contributed by atoms with Crippen molar-refractivity contribution in [1.82, 2.24) is 34.5 Å². The Bertz CT molecular complexity index is 2290. The van der Waals surface area contributed by atoms with Crippen molar-refractivity contribution in [3.8, 4) is 11.1 Å². The molecule has 2 saturated heterocycles. The van der Waals surface area contributed by atoms with Crippen molar-refractivity contribution in [2.45, 2.75) is 77.6 Å². The van der Waals surface area contributed by atoms with Gasteiger partial charge in [-0.05, 0) is 111 Å². The number of hydrogen-bond donors (Lipinski definition) is 4. The Morgan fingerprint density at radius 3 is 2.36 bits per heavy atom. The van der Waals surface area contributed by atoms with E-state index in [1.165, 1.54) is 0 Å². The third-order valence-electron chi connectivity index (χ3n) is 11.5. The Hall–Kier alpha value is -5.38. The van der Waals surface area contributed by atoms with Crippen molar-refractivity contribution in [3.63, 3.8) is 0 Å². The average Bonchev–Trinajstić information content (AvgIpc) is 3.82. The van der Waals surface area contributed by atoms with E-state index in [1.807, 2.05) is 61.0 Å². The van der Waals surface area contributed by atoms with E-state index in [4.69, 9.17) is 0 Å². The molecular weight excluding hydrogens is 721 g/mol. The number of benzene rings is 2. The van der Waals surface area contributed by atoms with Crippen molar-refractivity contribution in [1.29, 1.82) is 0 Å². The number of nitrogens with zero attached hydrogens (tertiary/aromatic N) is 7. The molecule has 56 heavy (non-hydrogen) atoms. The van der Waals surface area contributed by atoms with E-state index < -0.39 is 18.2 Å². The number of amides is 1. The van der Waals surface area contributed by atoms with Gasteiger partial charge in [-0.1, -0.05) is 24.3 Å². The smallest absolute Gasteiger partial charge is 0.306 e. The summed E-state index contributed by atoms with van der Waals surface area (Å²) in [6, 6.07) is 15.1. The quantitative estimate of drug-likeness (QED) is 0.121. The molecule has 3 aliphatic rings. The molecule has 292 valence electrons. The number of halogens is 2. The Balaban J connectivity index is 1.02. The van der Waals surface area contributed by atoms with Gasteiger partial charge in [-0.15, -0.1) is 0 Å². The standard InChI is InChI=1S/C41H45F2N9O4/c1-23-28(6-3-8-30(23)45-38-36-32(46-39(48-38)37(42)43)18-25(20-44-36)21-50-15-13-27(53)22-50)29-7-4-9-31(24(29)2)47-40(54)33-19-35-34(10-5-14-52(35)49-33)51-16-11-26(12-17-51)41(55)56/h3-4,6-9,18-20,26-27,34,37,53H,5,10-17,21-22H2,1-2H3,(H,47,54)(H,55,56)(H,45,46,48)/t27-,34?/m1/s1. The number of carboxylic acid groups (broad SMARTS) is 1. The van der Waals surface area contributed by atoms with Crippen LogP contribution in [0.5, 0.6) is 0 Å². The molecule has 2 atom stereocenters. The third kappa shape index (κ3) is 7.58. The summed E-state index contributed by atoms with van der Waals surface area (Å²) >= 11 is 0. The number of carbonyl (C=O) groups excluding carboxylic acids is 1. The molecule has 1 unspecified atom stereocenters. The maximum Gasteiger partial charge on any atom is 0.306 e. The predicted molar refractivity (Wildman–Crippen MR) is 207 cm³/mol. The maximum absolute atomic E-state index is 14.1. The number of piperidine rings is 1. The molecule has 0 spiro atoms. The second kappa shape index (κ2) is 15.6. The molecule has 5 aromatic rings. The number of likely N-dealkylation sites (tertiary alicyclic amines) is 2. The summed E-state index contributed by atoms with van der Waals surface area (Å²) in [6.45, 7) is 7.82. The minimum Gasteiger partial charge on any atom is -0.481 e. The number of carboxylic acids is 1. The number of aromatic nitrogens is 5. The first-order valence-electron chi connectivity index (χ1n) is 19.2. The lowest BCUT2D eigenvalue weighted by Gasteiger charge is -2.38.